The van der Waals surface area contributed by atoms with Crippen LogP contribution in [0.4, 0.5) is 5.69 Å². The van der Waals surface area contributed by atoms with Gasteiger partial charge in [0.25, 0.3) is 0 Å². The van der Waals surface area contributed by atoms with Gasteiger partial charge in [-0.25, -0.2) is 8.42 Å². The molecule has 0 unspecified atom stereocenters. The van der Waals surface area contributed by atoms with Crippen molar-refractivity contribution >= 4 is 27.1 Å². The maximum atomic E-state index is 12.3. The van der Waals surface area contributed by atoms with Gasteiger partial charge in [0.2, 0.25) is 0 Å². The second kappa shape index (κ2) is 4.45. The third kappa shape index (κ3) is 2.45. The van der Waals surface area contributed by atoms with E-state index in [-0.39, 0.29) is 33.2 Å². The number of nitrogens with two attached hydrogens (primary N) is 1. The van der Waals surface area contributed by atoms with Crippen LogP contribution in [0.5, 0.6) is 0 Å². The zero-order valence-electron chi connectivity index (χ0n) is 9.69. The molecule has 96 valence electrons. The van der Waals surface area contributed by atoms with Gasteiger partial charge in [0.15, 0.2) is 9.84 Å². The average Bonchev–Trinajstić information content (AvgIpc) is 2.96. The van der Waals surface area contributed by atoms with Gasteiger partial charge in [0.1, 0.15) is 4.90 Å². The lowest BCUT2D eigenvalue weighted by Gasteiger charge is -2.14. The van der Waals surface area contributed by atoms with Crippen molar-refractivity contribution in [2.24, 2.45) is 5.41 Å². The molecule has 2 rings (SSSR count). The summed E-state index contributed by atoms with van der Waals surface area (Å²) in [6, 6.07) is 6.68. The Bertz CT molecular complexity index is 595. The van der Waals surface area contributed by atoms with Gasteiger partial charge in [0, 0.05) is 6.42 Å². The van der Waals surface area contributed by atoms with Gasteiger partial charge in [-0.15, -0.1) is 0 Å². The van der Waals surface area contributed by atoms with Crippen molar-refractivity contribution in [1.29, 1.82) is 5.26 Å². The molecule has 0 bridgehead atoms. The van der Waals surface area contributed by atoms with E-state index in [2.05, 4.69) is 0 Å². The standard InChI is InChI=1S/C12H13ClN2O2S/c13-9-2-1-3-10(15)11(9)18(16,17)8-12(4-5-12)6-7-14/h1-3H,4-6,8,15H2. The summed E-state index contributed by atoms with van der Waals surface area (Å²) in [6.45, 7) is 0. The summed E-state index contributed by atoms with van der Waals surface area (Å²) in [5.74, 6) is -0.0541. The predicted molar refractivity (Wildman–Crippen MR) is 69.8 cm³/mol. The van der Waals surface area contributed by atoms with Crippen LogP contribution in [0, 0.1) is 16.7 Å². The fourth-order valence-electron chi connectivity index (χ4n) is 2.05. The van der Waals surface area contributed by atoms with Crippen LogP contribution in [0.1, 0.15) is 19.3 Å². The first kappa shape index (κ1) is 13.2. The molecule has 1 aromatic carbocycles. The van der Waals surface area contributed by atoms with Crippen molar-refractivity contribution in [3.63, 3.8) is 0 Å². The first-order chi connectivity index (χ1) is 8.40. The van der Waals surface area contributed by atoms with Gasteiger partial charge in [0.05, 0.1) is 22.5 Å². The van der Waals surface area contributed by atoms with E-state index in [4.69, 9.17) is 22.6 Å². The van der Waals surface area contributed by atoms with Crippen molar-refractivity contribution in [1.82, 2.24) is 0 Å². The van der Waals surface area contributed by atoms with Crippen molar-refractivity contribution in [2.45, 2.75) is 24.2 Å². The van der Waals surface area contributed by atoms with Gasteiger partial charge in [-0.1, -0.05) is 17.7 Å². The van der Waals surface area contributed by atoms with Crippen LogP contribution in [0.3, 0.4) is 0 Å². The van der Waals surface area contributed by atoms with Crippen molar-refractivity contribution < 1.29 is 8.42 Å². The van der Waals surface area contributed by atoms with Crippen LogP contribution in [-0.4, -0.2) is 14.2 Å². The number of nitriles is 1. The topological polar surface area (TPSA) is 84.0 Å². The van der Waals surface area contributed by atoms with E-state index >= 15 is 0 Å². The average molecular weight is 285 g/mol. The molecule has 18 heavy (non-hydrogen) atoms. The molecule has 2 N–H and O–H groups in total. The molecule has 0 heterocycles. The second-order valence-electron chi connectivity index (χ2n) is 4.75. The fraction of sp³-hybridized carbons (Fsp3) is 0.417. The van der Waals surface area contributed by atoms with E-state index < -0.39 is 9.84 Å². The Morgan fingerprint density at radius 1 is 1.44 bits per heavy atom. The molecular weight excluding hydrogens is 272 g/mol. The first-order valence-corrected chi connectivity index (χ1v) is 7.57. The molecule has 0 aliphatic heterocycles. The SMILES string of the molecule is N#CCC1(CS(=O)(=O)c2c(N)cccc2Cl)CC1. The fourth-order valence-corrected chi connectivity index (χ4v) is 4.71. The van der Waals surface area contributed by atoms with E-state index in [1.165, 1.54) is 12.1 Å². The van der Waals surface area contributed by atoms with Crippen LogP contribution in [0.15, 0.2) is 23.1 Å². The molecule has 0 spiro atoms. The number of nitrogens with zero attached hydrogens (tertiary/aromatic N) is 1. The molecule has 4 nitrogen and oxygen atoms in total. The largest absolute Gasteiger partial charge is 0.398 e. The molecule has 6 heteroatoms. The van der Waals surface area contributed by atoms with Crippen LogP contribution in [0.2, 0.25) is 5.02 Å². The Morgan fingerprint density at radius 2 is 2.11 bits per heavy atom. The number of benzene rings is 1. The van der Waals surface area contributed by atoms with Crippen LogP contribution < -0.4 is 5.73 Å². The third-order valence-electron chi connectivity index (χ3n) is 3.22. The number of sulfone groups is 1. The molecule has 1 aliphatic carbocycles. The van der Waals surface area contributed by atoms with Crippen LogP contribution in [-0.2, 0) is 9.84 Å². The number of nitrogen functional groups attached to an aromatic ring is 1. The number of hydrogen-bond acceptors (Lipinski definition) is 4. The molecule has 1 aliphatic rings. The Kier molecular flexibility index (Phi) is 3.26. The molecular formula is C12H13ClN2O2S. The summed E-state index contributed by atoms with van der Waals surface area (Å²) in [6.07, 6.45) is 1.80. The van der Waals surface area contributed by atoms with Gasteiger partial charge in [-0.3, -0.25) is 0 Å². The monoisotopic (exact) mass is 284 g/mol. The molecule has 0 atom stereocenters. The molecule has 0 amide bonds. The Morgan fingerprint density at radius 3 is 2.61 bits per heavy atom. The van der Waals surface area contributed by atoms with E-state index in [1.807, 2.05) is 6.07 Å². The molecule has 0 aromatic heterocycles. The quantitative estimate of drug-likeness (QED) is 0.861. The molecule has 0 saturated heterocycles. The molecule has 1 fully saturated rings. The highest BCUT2D eigenvalue weighted by Crippen LogP contribution is 2.50. The van der Waals surface area contributed by atoms with E-state index in [0.29, 0.717) is 0 Å². The van der Waals surface area contributed by atoms with Crippen molar-refractivity contribution in [3.05, 3.63) is 23.2 Å². The van der Waals surface area contributed by atoms with Gasteiger partial charge in [-0.05, 0) is 30.4 Å². The Balaban J connectivity index is 2.36. The second-order valence-corrected chi connectivity index (χ2v) is 7.09. The van der Waals surface area contributed by atoms with Gasteiger partial charge in [-0.2, -0.15) is 5.26 Å². The van der Waals surface area contributed by atoms with Gasteiger partial charge < -0.3 is 5.73 Å². The van der Waals surface area contributed by atoms with Crippen LogP contribution >= 0.6 is 11.6 Å². The normalized spacial score (nSPS) is 17.1. The lowest BCUT2D eigenvalue weighted by atomic mass is 10.1. The summed E-state index contributed by atoms with van der Waals surface area (Å²) in [7, 11) is -3.55. The number of halogens is 1. The van der Waals surface area contributed by atoms with Gasteiger partial charge >= 0.3 is 0 Å². The summed E-state index contributed by atoms with van der Waals surface area (Å²) in [5.41, 5.74) is 5.46. The Labute approximate surface area is 111 Å². The molecule has 0 radical (unpaired) electrons. The smallest absolute Gasteiger partial charge is 0.182 e. The van der Waals surface area contributed by atoms with Crippen molar-refractivity contribution in [2.75, 3.05) is 11.5 Å². The minimum absolute atomic E-state index is 0.00381. The number of hydrogen-bond donors (Lipinski definition) is 1. The lowest BCUT2D eigenvalue weighted by Crippen LogP contribution is -2.18. The van der Waals surface area contributed by atoms with E-state index in [0.717, 1.165) is 12.8 Å². The highest BCUT2D eigenvalue weighted by Gasteiger charge is 2.46. The summed E-state index contributed by atoms with van der Waals surface area (Å²) >= 11 is 5.92. The minimum atomic E-state index is -3.55. The summed E-state index contributed by atoms with van der Waals surface area (Å²) in [5, 5.41) is 8.86. The predicted octanol–water partition coefficient (Wildman–Crippen LogP) is 2.39. The Hall–Kier alpha value is -1.25. The maximum absolute atomic E-state index is 12.3. The molecule has 1 aromatic rings. The first-order valence-electron chi connectivity index (χ1n) is 5.54. The maximum Gasteiger partial charge on any atom is 0.182 e. The highest BCUT2D eigenvalue weighted by molar-refractivity contribution is 7.91. The molecule has 1 saturated carbocycles. The van der Waals surface area contributed by atoms with E-state index in [9.17, 15) is 8.42 Å². The minimum Gasteiger partial charge on any atom is -0.398 e. The van der Waals surface area contributed by atoms with Crippen LogP contribution in [0.25, 0.3) is 0 Å². The van der Waals surface area contributed by atoms with E-state index in [1.54, 1.807) is 6.07 Å². The lowest BCUT2D eigenvalue weighted by molar-refractivity contribution is 0.548. The summed E-state index contributed by atoms with van der Waals surface area (Å²) < 4.78 is 24.7. The van der Waals surface area contributed by atoms with Crippen molar-refractivity contribution in [3.8, 4) is 6.07 Å². The zero-order valence-corrected chi connectivity index (χ0v) is 11.3. The third-order valence-corrected chi connectivity index (χ3v) is 5.71. The number of rotatable bonds is 4. The number of anilines is 1. The highest BCUT2D eigenvalue weighted by atomic mass is 35.5. The summed E-state index contributed by atoms with van der Waals surface area (Å²) in [4.78, 5) is -0.00381. The zero-order chi connectivity index (χ0) is 13.4.